The molecule has 2 N–H and O–H groups in total. The van der Waals surface area contributed by atoms with Crippen LogP contribution in [0, 0.1) is 0 Å². The zero-order valence-electron chi connectivity index (χ0n) is 8.79. The fourth-order valence-corrected chi connectivity index (χ4v) is 2.16. The van der Waals surface area contributed by atoms with Gasteiger partial charge in [0.15, 0.2) is 0 Å². The summed E-state index contributed by atoms with van der Waals surface area (Å²) in [5, 5.41) is 6.10. The molecule has 0 aliphatic heterocycles. The lowest BCUT2D eigenvalue weighted by molar-refractivity contribution is -0.134. The Balaban J connectivity index is 2.31. The molecular formula is C8H12F3N3O2S. The molecule has 0 amide bonds. The van der Waals surface area contributed by atoms with Gasteiger partial charge >= 0.3 is 6.18 Å². The SMILES string of the molecule is O=S(=O)(CCCC(F)(F)F)NCc1cn[nH]c1. The standard InChI is InChI=1S/C8H12F3N3O2S/c9-8(10,11)2-1-3-17(15,16)14-6-7-4-12-13-5-7/h4-5,14H,1-3,6H2,(H,12,13). The Hall–Kier alpha value is -1.09. The Morgan fingerprint density at radius 1 is 1.41 bits per heavy atom. The summed E-state index contributed by atoms with van der Waals surface area (Å²) in [6.45, 7) is 0.0187. The van der Waals surface area contributed by atoms with Gasteiger partial charge in [0.2, 0.25) is 10.0 Å². The van der Waals surface area contributed by atoms with Gasteiger partial charge in [0.25, 0.3) is 0 Å². The molecule has 1 aromatic rings. The van der Waals surface area contributed by atoms with Crippen LogP contribution in [0.5, 0.6) is 0 Å². The zero-order valence-corrected chi connectivity index (χ0v) is 9.61. The van der Waals surface area contributed by atoms with Crippen LogP contribution in [0.1, 0.15) is 18.4 Å². The number of rotatable bonds is 6. The second-order valence-electron chi connectivity index (χ2n) is 3.47. The van der Waals surface area contributed by atoms with E-state index in [1.165, 1.54) is 12.4 Å². The van der Waals surface area contributed by atoms with E-state index in [0.29, 0.717) is 5.56 Å². The van der Waals surface area contributed by atoms with Crippen LogP contribution in [0.3, 0.4) is 0 Å². The second kappa shape index (κ2) is 5.50. The number of nitrogens with one attached hydrogen (secondary N) is 2. The molecule has 0 saturated carbocycles. The van der Waals surface area contributed by atoms with E-state index in [-0.39, 0.29) is 6.54 Å². The van der Waals surface area contributed by atoms with Crippen LogP contribution in [0.15, 0.2) is 12.4 Å². The van der Waals surface area contributed by atoms with Crippen LogP contribution in [0.2, 0.25) is 0 Å². The summed E-state index contributed by atoms with van der Waals surface area (Å²) >= 11 is 0. The number of nitrogens with zero attached hydrogens (tertiary/aromatic N) is 1. The number of hydrogen-bond donors (Lipinski definition) is 2. The normalized spacial score (nSPS) is 12.9. The number of alkyl halides is 3. The number of aromatic nitrogens is 2. The molecule has 9 heteroatoms. The maximum Gasteiger partial charge on any atom is 0.389 e. The molecule has 17 heavy (non-hydrogen) atoms. The van der Waals surface area contributed by atoms with Gasteiger partial charge in [-0.25, -0.2) is 13.1 Å². The summed E-state index contributed by atoms with van der Waals surface area (Å²) in [6, 6.07) is 0. The predicted molar refractivity (Wildman–Crippen MR) is 54.5 cm³/mol. The average molecular weight is 271 g/mol. The molecule has 0 spiro atoms. The van der Waals surface area contributed by atoms with Crippen molar-refractivity contribution in [2.45, 2.75) is 25.6 Å². The van der Waals surface area contributed by atoms with E-state index in [1.807, 2.05) is 0 Å². The third-order valence-corrected chi connectivity index (χ3v) is 3.33. The van der Waals surface area contributed by atoms with Crippen molar-refractivity contribution in [1.29, 1.82) is 0 Å². The van der Waals surface area contributed by atoms with E-state index >= 15 is 0 Å². The third kappa shape index (κ3) is 6.27. The number of sulfonamides is 1. The first kappa shape index (κ1) is 14.0. The van der Waals surface area contributed by atoms with Crippen molar-refractivity contribution in [2.24, 2.45) is 0 Å². The molecule has 0 aromatic carbocycles. The molecule has 1 rings (SSSR count). The monoisotopic (exact) mass is 271 g/mol. The minimum absolute atomic E-state index is 0.0187. The van der Waals surface area contributed by atoms with Gasteiger partial charge in [0.05, 0.1) is 11.9 Å². The Morgan fingerprint density at radius 3 is 2.65 bits per heavy atom. The number of hydrogen-bond acceptors (Lipinski definition) is 3. The largest absolute Gasteiger partial charge is 0.389 e. The predicted octanol–water partition coefficient (Wildman–Crippen LogP) is 1.17. The smallest absolute Gasteiger partial charge is 0.285 e. The van der Waals surface area contributed by atoms with Gasteiger partial charge in [-0.2, -0.15) is 18.3 Å². The van der Waals surface area contributed by atoms with Gasteiger partial charge in [0, 0.05) is 24.7 Å². The molecular weight excluding hydrogens is 259 g/mol. The summed E-state index contributed by atoms with van der Waals surface area (Å²) in [4.78, 5) is 0. The Kier molecular flexibility index (Phi) is 4.52. The fourth-order valence-electron chi connectivity index (χ4n) is 1.10. The lowest BCUT2D eigenvalue weighted by atomic mass is 10.3. The molecule has 0 bridgehead atoms. The van der Waals surface area contributed by atoms with Crippen LogP contribution >= 0.6 is 0 Å². The summed E-state index contributed by atoms with van der Waals surface area (Å²) in [5.74, 6) is -0.537. The van der Waals surface area contributed by atoms with Crippen LogP contribution in [-0.2, 0) is 16.6 Å². The van der Waals surface area contributed by atoms with E-state index in [0.717, 1.165) is 0 Å². The highest BCUT2D eigenvalue weighted by atomic mass is 32.2. The Labute approximate surface area is 96.5 Å². The first-order valence-electron chi connectivity index (χ1n) is 4.80. The molecule has 1 aromatic heterocycles. The maximum absolute atomic E-state index is 11.8. The highest BCUT2D eigenvalue weighted by molar-refractivity contribution is 7.89. The van der Waals surface area contributed by atoms with Gasteiger partial charge in [0.1, 0.15) is 0 Å². The van der Waals surface area contributed by atoms with Gasteiger partial charge in [-0.1, -0.05) is 0 Å². The van der Waals surface area contributed by atoms with Crippen molar-refractivity contribution < 1.29 is 21.6 Å². The number of halogens is 3. The minimum atomic E-state index is -4.32. The lowest BCUT2D eigenvalue weighted by Gasteiger charge is -2.07. The van der Waals surface area contributed by atoms with Crippen LogP contribution in [-0.4, -0.2) is 30.5 Å². The van der Waals surface area contributed by atoms with Crippen molar-refractivity contribution in [3.63, 3.8) is 0 Å². The average Bonchev–Trinajstić information content (AvgIpc) is 2.64. The van der Waals surface area contributed by atoms with Gasteiger partial charge in [-0.15, -0.1) is 0 Å². The first-order valence-corrected chi connectivity index (χ1v) is 6.45. The van der Waals surface area contributed by atoms with Crippen molar-refractivity contribution >= 4 is 10.0 Å². The summed E-state index contributed by atoms with van der Waals surface area (Å²) in [5.41, 5.74) is 0.615. The fraction of sp³-hybridized carbons (Fsp3) is 0.625. The van der Waals surface area contributed by atoms with Gasteiger partial charge < -0.3 is 0 Å². The molecule has 1 heterocycles. The molecule has 0 unspecified atom stereocenters. The van der Waals surface area contributed by atoms with E-state index in [2.05, 4.69) is 14.9 Å². The van der Waals surface area contributed by atoms with Crippen molar-refractivity contribution in [3.8, 4) is 0 Å². The third-order valence-electron chi connectivity index (χ3n) is 1.92. The van der Waals surface area contributed by atoms with Gasteiger partial charge in [-0.05, 0) is 6.42 Å². The van der Waals surface area contributed by atoms with Crippen LogP contribution in [0.25, 0.3) is 0 Å². The van der Waals surface area contributed by atoms with E-state index in [1.54, 1.807) is 0 Å². The Bertz CT molecular complexity index is 427. The summed E-state index contributed by atoms with van der Waals surface area (Å²) in [6.07, 6.45) is -2.93. The second-order valence-corrected chi connectivity index (χ2v) is 5.39. The zero-order chi connectivity index (χ0) is 12.9. The quantitative estimate of drug-likeness (QED) is 0.815. The van der Waals surface area contributed by atoms with Gasteiger partial charge in [-0.3, -0.25) is 5.10 Å². The van der Waals surface area contributed by atoms with E-state index in [9.17, 15) is 21.6 Å². The molecule has 98 valence electrons. The molecule has 0 aliphatic rings. The van der Waals surface area contributed by atoms with Crippen molar-refractivity contribution in [3.05, 3.63) is 18.0 Å². The summed E-state index contributed by atoms with van der Waals surface area (Å²) < 4.78 is 60.2. The van der Waals surface area contributed by atoms with Crippen molar-refractivity contribution in [1.82, 2.24) is 14.9 Å². The molecule has 5 nitrogen and oxygen atoms in total. The van der Waals surface area contributed by atoms with Crippen LogP contribution < -0.4 is 4.72 Å². The lowest BCUT2D eigenvalue weighted by Crippen LogP contribution is -2.26. The molecule has 0 saturated heterocycles. The molecule has 0 aliphatic carbocycles. The van der Waals surface area contributed by atoms with E-state index < -0.39 is 34.8 Å². The summed E-state index contributed by atoms with van der Waals surface area (Å²) in [7, 11) is -3.67. The molecule has 0 atom stereocenters. The van der Waals surface area contributed by atoms with Crippen molar-refractivity contribution in [2.75, 3.05) is 5.75 Å². The minimum Gasteiger partial charge on any atom is -0.285 e. The topological polar surface area (TPSA) is 74.8 Å². The highest BCUT2D eigenvalue weighted by Crippen LogP contribution is 2.21. The van der Waals surface area contributed by atoms with Crippen LogP contribution in [0.4, 0.5) is 13.2 Å². The highest BCUT2D eigenvalue weighted by Gasteiger charge is 2.27. The van der Waals surface area contributed by atoms with E-state index in [4.69, 9.17) is 0 Å². The molecule has 0 fully saturated rings. The number of H-pyrrole nitrogens is 1. The molecule has 0 radical (unpaired) electrons. The Morgan fingerprint density at radius 2 is 2.12 bits per heavy atom. The maximum atomic E-state index is 11.8. The number of aromatic amines is 1. The first-order chi connectivity index (χ1) is 7.79.